The van der Waals surface area contributed by atoms with Crippen molar-refractivity contribution in [3.63, 3.8) is 0 Å². The highest BCUT2D eigenvalue weighted by Crippen LogP contribution is 2.38. The number of benzene rings is 1. The molecule has 158 valence electrons. The molecule has 0 spiro atoms. The fourth-order valence-corrected chi connectivity index (χ4v) is 4.63. The van der Waals surface area contributed by atoms with Crippen molar-refractivity contribution in [2.24, 2.45) is 5.73 Å². The smallest absolute Gasteiger partial charge is 0.213 e. The lowest BCUT2D eigenvalue weighted by molar-refractivity contribution is -0.309. The third-order valence-electron chi connectivity index (χ3n) is 5.18. The normalized spacial score (nSPS) is 31.5. The van der Waals surface area contributed by atoms with E-state index in [0.29, 0.717) is 21.1 Å². The highest BCUT2D eigenvalue weighted by Gasteiger charge is 2.49. The van der Waals surface area contributed by atoms with Crippen LogP contribution in [0, 0.1) is 6.92 Å². The molecule has 0 aliphatic carbocycles. The fraction of sp³-hybridized carbons (Fsp3) is 0.421. The lowest BCUT2D eigenvalue weighted by Crippen LogP contribution is -2.62. The second kappa shape index (κ2) is 7.97. The van der Waals surface area contributed by atoms with E-state index in [2.05, 4.69) is 15.1 Å². The monoisotopic (exact) mass is 449 g/mol. The summed E-state index contributed by atoms with van der Waals surface area (Å²) in [6.45, 7) is 2.03. The number of aliphatic hydroxyl groups excluding tert-OH is 1. The van der Waals surface area contributed by atoms with E-state index in [9.17, 15) is 5.11 Å². The van der Waals surface area contributed by atoms with Gasteiger partial charge < -0.3 is 25.1 Å². The zero-order valence-electron chi connectivity index (χ0n) is 16.0. The van der Waals surface area contributed by atoms with E-state index in [-0.39, 0.29) is 6.61 Å². The molecule has 9 nitrogen and oxygen atoms in total. The van der Waals surface area contributed by atoms with Crippen molar-refractivity contribution in [1.29, 1.82) is 0 Å². The first-order valence-electron chi connectivity index (χ1n) is 9.47. The Balaban J connectivity index is 1.41. The average molecular weight is 450 g/mol. The van der Waals surface area contributed by atoms with E-state index in [1.54, 1.807) is 6.92 Å². The molecular weight excluding hydrogens is 430 g/mol. The maximum absolute atomic E-state index is 11.0. The van der Waals surface area contributed by atoms with Gasteiger partial charge in [-0.2, -0.15) is 4.68 Å². The van der Waals surface area contributed by atoms with Gasteiger partial charge in [0.25, 0.3) is 0 Å². The Morgan fingerprint density at radius 2 is 2.07 bits per heavy atom. The molecule has 11 heteroatoms. The van der Waals surface area contributed by atoms with Crippen molar-refractivity contribution in [2.45, 2.75) is 43.7 Å². The largest absolute Gasteiger partial charge is 0.388 e. The van der Waals surface area contributed by atoms with Crippen LogP contribution in [0.4, 0.5) is 0 Å². The number of aliphatic hydroxyl groups is 1. The van der Waals surface area contributed by atoms with E-state index in [1.807, 2.05) is 30.3 Å². The number of rotatable bonds is 3. The summed E-state index contributed by atoms with van der Waals surface area (Å²) in [6.07, 6.45) is -1.88. The molecule has 2 aliphatic rings. The number of nitrogens with two attached hydrogens (primary N) is 1. The topological polar surface area (TPSA) is 118 Å². The van der Waals surface area contributed by atoms with Gasteiger partial charge in [0.1, 0.15) is 34.6 Å². The van der Waals surface area contributed by atoms with Gasteiger partial charge in [-0.25, -0.2) is 9.97 Å². The molecule has 0 amide bonds. The van der Waals surface area contributed by atoms with Crippen LogP contribution in [-0.2, 0) is 14.2 Å². The van der Waals surface area contributed by atoms with Crippen LogP contribution in [0.15, 0.2) is 36.5 Å². The molecule has 2 fully saturated rings. The molecule has 3 N–H and O–H groups in total. The second-order valence-corrected chi connectivity index (χ2v) is 8.86. The van der Waals surface area contributed by atoms with Gasteiger partial charge in [-0.3, -0.25) is 0 Å². The zero-order valence-corrected chi connectivity index (χ0v) is 17.5. The highest BCUT2D eigenvalue weighted by molar-refractivity contribution is 7.18. The maximum atomic E-state index is 11.0. The van der Waals surface area contributed by atoms with Gasteiger partial charge in [-0.05, 0) is 6.92 Å². The predicted octanol–water partition coefficient (Wildman–Crippen LogP) is 1.93. The molecule has 6 atom stereocenters. The number of halogens is 1. The number of aromatic nitrogens is 4. The van der Waals surface area contributed by atoms with Crippen molar-refractivity contribution in [3.8, 4) is 5.13 Å². The van der Waals surface area contributed by atoms with E-state index >= 15 is 0 Å². The molecule has 0 bridgehead atoms. The van der Waals surface area contributed by atoms with Gasteiger partial charge in [-0.1, -0.05) is 53.3 Å². The third kappa shape index (κ3) is 3.54. The van der Waals surface area contributed by atoms with Crippen LogP contribution in [0.5, 0.6) is 0 Å². The molecule has 0 radical (unpaired) electrons. The first kappa shape index (κ1) is 20.0. The summed E-state index contributed by atoms with van der Waals surface area (Å²) >= 11 is 7.28. The number of ether oxygens (including phenoxy) is 3. The van der Waals surface area contributed by atoms with Crippen molar-refractivity contribution in [1.82, 2.24) is 19.7 Å². The molecule has 4 heterocycles. The lowest BCUT2D eigenvalue weighted by Gasteiger charge is -2.46. The van der Waals surface area contributed by atoms with Crippen LogP contribution in [0.1, 0.15) is 29.6 Å². The van der Waals surface area contributed by atoms with Crippen LogP contribution >= 0.6 is 22.9 Å². The minimum Gasteiger partial charge on any atom is -0.388 e. The third-order valence-corrected chi connectivity index (χ3v) is 6.27. The summed E-state index contributed by atoms with van der Waals surface area (Å²) in [7, 11) is 0. The number of nitrogens with zero attached hydrogens (tertiary/aromatic N) is 4. The van der Waals surface area contributed by atoms with Crippen LogP contribution in [0.2, 0.25) is 4.34 Å². The Morgan fingerprint density at radius 3 is 2.80 bits per heavy atom. The minimum atomic E-state index is -1.06. The first-order valence-corrected chi connectivity index (χ1v) is 10.7. The Labute approximate surface area is 181 Å². The SMILES string of the molecule is Cc1nc([C@@H]2OC3COC(c4ccccc4)O[C@@H]3C(N)C2O)n(-c2ncc(Cl)s2)n1. The number of aryl methyl sites for hydroxylation is 1. The minimum absolute atomic E-state index is 0.275. The summed E-state index contributed by atoms with van der Waals surface area (Å²) in [5.41, 5.74) is 7.28. The quantitative estimate of drug-likeness (QED) is 0.622. The standard InChI is InChI=1S/C19H20ClN5O4S/c1-9-23-17(25(24-9)19-22-7-12(20)30-19)16-14(26)13(21)15-11(28-16)8-27-18(29-15)10-5-3-2-4-6-10/h2-7,11,13-16,18,26H,8,21H2,1H3/t11?,13?,14?,15-,16+,18?/m0/s1. The summed E-state index contributed by atoms with van der Waals surface area (Å²) in [5.74, 6) is 0.924. The van der Waals surface area contributed by atoms with Gasteiger partial charge in [-0.15, -0.1) is 5.10 Å². The fourth-order valence-electron chi connectivity index (χ4n) is 3.77. The Kier molecular flexibility index (Phi) is 5.31. The molecular formula is C19H20ClN5O4S. The van der Waals surface area contributed by atoms with Gasteiger partial charge >= 0.3 is 0 Å². The lowest BCUT2D eigenvalue weighted by atomic mass is 9.92. The van der Waals surface area contributed by atoms with Crippen molar-refractivity contribution >= 4 is 22.9 Å². The van der Waals surface area contributed by atoms with Crippen molar-refractivity contribution < 1.29 is 19.3 Å². The number of hydrogen-bond donors (Lipinski definition) is 2. The number of fused-ring (bicyclic) bond motifs is 1. The molecule has 30 heavy (non-hydrogen) atoms. The Morgan fingerprint density at radius 1 is 1.27 bits per heavy atom. The Hall–Kier alpha value is -1.92. The Bertz CT molecular complexity index is 1030. The van der Waals surface area contributed by atoms with Gasteiger partial charge in [0.05, 0.1) is 18.8 Å². The van der Waals surface area contributed by atoms with E-state index in [1.165, 1.54) is 22.2 Å². The predicted molar refractivity (Wildman–Crippen MR) is 108 cm³/mol. The highest BCUT2D eigenvalue weighted by atomic mass is 35.5. The number of thiazole rings is 1. The average Bonchev–Trinajstić information content (AvgIpc) is 3.36. The van der Waals surface area contributed by atoms with Crippen LogP contribution < -0.4 is 5.73 Å². The van der Waals surface area contributed by atoms with E-state index < -0.39 is 36.7 Å². The molecule has 2 aromatic heterocycles. The van der Waals surface area contributed by atoms with E-state index in [0.717, 1.165) is 5.56 Å². The molecule has 4 unspecified atom stereocenters. The summed E-state index contributed by atoms with van der Waals surface area (Å²) in [4.78, 5) is 8.71. The van der Waals surface area contributed by atoms with E-state index in [4.69, 9.17) is 31.5 Å². The first-order chi connectivity index (χ1) is 14.5. The van der Waals surface area contributed by atoms with Crippen LogP contribution in [-0.4, -0.2) is 55.8 Å². The van der Waals surface area contributed by atoms with Crippen molar-refractivity contribution in [3.05, 3.63) is 58.1 Å². The van der Waals surface area contributed by atoms with Gasteiger partial charge in [0.15, 0.2) is 12.1 Å². The molecule has 5 rings (SSSR count). The van der Waals surface area contributed by atoms with Gasteiger partial charge in [0.2, 0.25) is 5.13 Å². The maximum Gasteiger partial charge on any atom is 0.213 e. The van der Waals surface area contributed by atoms with Crippen LogP contribution in [0.25, 0.3) is 5.13 Å². The van der Waals surface area contributed by atoms with Crippen LogP contribution in [0.3, 0.4) is 0 Å². The summed E-state index contributed by atoms with van der Waals surface area (Å²) in [6, 6.07) is 8.89. The zero-order chi connectivity index (χ0) is 20.8. The van der Waals surface area contributed by atoms with Crippen molar-refractivity contribution in [2.75, 3.05) is 6.61 Å². The summed E-state index contributed by atoms with van der Waals surface area (Å²) in [5, 5.41) is 15.9. The summed E-state index contributed by atoms with van der Waals surface area (Å²) < 4.78 is 20.2. The van der Waals surface area contributed by atoms with Gasteiger partial charge in [0, 0.05) is 5.56 Å². The second-order valence-electron chi connectivity index (χ2n) is 7.22. The molecule has 1 aromatic carbocycles. The number of hydrogen-bond acceptors (Lipinski definition) is 9. The molecule has 2 aliphatic heterocycles. The molecule has 2 saturated heterocycles. The molecule has 0 saturated carbocycles. The molecule has 3 aromatic rings.